The lowest BCUT2D eigenvalue weighted by molar-refractivity contribution is 0.0613. The van der Waals surface area contributed by atoms with E-state index >= 15 is 0 Å². The van der Waals surface area contributed by atoms with Crippen molar-refractivity contribution < 1.29 is 4.74 Å². The molecule has 0 saturated carbocycles. The fraction of sp³-hybridized carbons (Fsp3) is 0.846. The minimum absolute atomic E-state index is 0.352. The monoisotopic (exact) mass is 276 g/mol. The SMILES string of the molecule is CC=CCOCC(CBr)(CCC)CCC. The van der Waals surface area contributed by atoms with Gasteiger partial charge < -0.3 is 4.74 Å². The van der Waals surface area contributed by atoms with Crippen LogP contribution in [0.5, 0.6) is 0 Å². The van der Waals surface area contributed by atoms with E-state index in [9.17, 15) is 0 Å². The van der Waals surface area contributed by atoms with E-state index < -0.39 is 0 Å². The van der Waals surface area contributed by atoms with Crippen molar-refractivity contribution in [2.24, 2.45) is 5.41 Å². The highest BCUT2D eigenvalue weighted by molar-refractivity contribution is 9.09. The fourth-order valence-corrected chi connectivity index (χ4v) is 2.66. The van der Waals surface area contributed by atoms with Gasteiger partial charge in [-0.2, -0.15) is 0 Å². The molecule has 1 nitrogen and oxygen atoms in total. The van der Waals surface area contributed by atoms with E-state index in [1.807, 2.05) is 13.0 Å². The number of alkyl halides is 1. The molecule has 15 heavy (non-hydrogen) atoms. The van der Waals surface area contributed by atoms with Gasteiger partial charge in [-0.1, -0.05) is 54.8 Å². The zero-order valence-electron chi connectivity index (χ0n) is 10.4. The highest BCUT2D eigenvalue weighted by atomic mass is 79.9. The lowest BCUT2D eigenvalue weighted by Crippen LogP contribution is -2.28. The largest absolute Gasteiger partial charge is 0.377 e. The van der Waals surface area contributed by atoms with Crippen molar-refractivity contribution in [3.63, 3.8) is 0 Å². The van der Waals surface area contributed by atoms with Gasteiger partial charge >= 0.3 is 0 Å². The molecule has 0 unspecified atom stereocenters. The molecule has 2 heteroatoms. The van der Waals surface area contributed by atoms with Gasteiger partial charge in [0.25, 0.3) is 0 Å². The molecule has 0 N–H and O–H groups in total. The molecular formula is C13H25BrO. The van der Waals surface area contributed by atoms with Gasteiger partial charge in [-0.05, 0) is 19.8 Å². The van der Waals surface area contributed by atoms with Crippen LogP contribution in [0.2, 0.25) is 0 Å². The predicted molar refractivity (Wildman–Crippen MR) is 71.7 cm³/mol. The predicted octanol–water partition coefficient (Wildman–Crippen LogP) is 4.56. The molecular weight excluding hydrogens is 252 g/mol. The summed E-state index contributed by atoms with van der Waals surface area (Å²) in [5.74, 6) is 0. The highest BCUT2D eigenvalue weighted by Gasteiger charge is 2.27. The third-order valence-electron chi connectivity index (χ3n) is 2.70. The Labute approximate surface area is 103 Å². The molecule has 0 aromatic carbocycles. The molecule has 0 aromatic rings. The molecule has 0 amide bonds. The summed E-state index contributed by atoms with van der Waals surface area (Å²) in [6, 6.07) is 0. The fourth-order valence-electron chi connectivity index (χ4n) is 1.94. The van der Waals surface area contributed by atoms with E-state index in [0.717, 1.165) is 18.5 Å². The van der Waals surface area contributed by atoms with Crippen LogP contribution in [0.15, 0.2) is 12.2 Å². The zero-order chi connectivity index (χ0) is 11.6. The molecule has 0 saturated heterocycles. The van der Waals surface area contributed by atoms with Crippen LogP contribution >= 0.6 is 15.9 Å². The first kappa shape index (κ1) is 15.2. The maximum Gasteiger partial charge on any atom is 0.0647 e. The maximum absolute atomic E-state index is 5.72. The van der Waals surface area contributed by atoms with Crippen molar-refractivity contribution in [2.75, 3.05) is 18.5 Å². The number of halogens is 1. The number of ether oxygens (including phenoxy) is 1. The Balaban J connectivity index is 4.07. The summed E-state index contributed by atoms with van der Waals surface area (Å²) in [7, 11) is 0. The van der Waals surface area contributed by atoms with Crippen molar-refractivity contribution >= 4 is 15.9 Å². The summed E-state index contributed by atoms with van der Waals surface area (Å²) in [4.78, 5) is 0. The van der Waals surface area contributed by atoms with Gasteiger partial charge in [0.2, 0.25) is 0 Å². The molecule has 0 heterocycles. The van der Waals surface area contributed by atoms with Gasteiger partial charge in [-0.3, -0.25) is 0 Å². The second-order valence-electron chi connectivity index (χ2n) is 4.22. The van der Waals surface area contributed by atoms with Crippen LogP contribution in [0.1, 0.15) is 46.5 Å². The smallest absolute Gasteiger partial charge is 0.0647 e. The van der Waals surface area contributed by atoms with E-state index in [1.54, 1.807) is 0 Å². The van der Waals surface area contributed by atoms with Gasteiger partial charge in [0.05, 0.1) is 13.2 Å². The Morgan fingerprint density at radius 1 is 1.20 bits per heavy atom. The molecule has 0 bridgehead atoms. The van der Waals surface area contributed by atoms with Gasteiger partial charge in [-0.25, -0.2) is 0 Å². The van der Waals surface area contributed by atoms with Crippen LogP contribution in [0.4, 0.5) is 0 Å². The van der Waals surface area contributed by atoms with Crippen molar-refractivity contribution in [1.29, 1.82) is 0 Å². The highest BCUT2D eigenvalue weighted by Crippen LogP contribution is 2.32. The average molecular weight is 277 g/mol. The average Bonchev–Trinajstić information content (AvgIpc) is 2.25. The number of rotatable bonds is 9. The third kappa shape index (κ3) is 6.36. The van der Waals surface area contributed by atoms with Gasteiger partial charge in [0.1, 0.15) is 0 Å². The van der Waals surface area contributed by atoms with Crippen LogP contribution in [0.3, 0.4) is 0 Å². The zero-order valence-corrected chi connectivity index (χ0v) is 12.0. The van der Waals surface area contributed by atoms with E-state index in [-0.39, 0.29) is 0 Å². The topological polar surface area (TPSA) is 9.23 Å². The number of hydrogen-bond donors (Lipinski definition) is 0. The van der Waals surface area contributed by atoms with Crippen LogP contribution in [0.25, 0.3) is 0 Å². The van der Waals surface area contributed by atoms with E-state index in [4.69, 9.17) is 4.74 Å². The summed E-state index contributed by atoms with van der Waals surface area (Å²) in [5.41, 5.74) is 0.352. The third-order valence-corrected chi connectivity index (χ3v) is 3.89. The van der Waals surface area contributed by atoms with Crippen molar-refractivity contribution in [3.8, 4) is 0 Å². The summed E-state index contributed by atoms with van der Waals surface area (Å²) >= 11 is 3.65. The van der Waals surface area contributed by atoms with Crippen LogP contribution < -0.4 is 0 Å². The van der Waals surface area contributed by atoms with Crippen LogP contribution in [-0.4, -0.2) is 18.5 Å². The minimum atomic E-state index is 0.352. The molecule has 90 valence electrons. The second-order valence-corrected chi connectivity index (χ2v) is 4.78. The van der Waals surface area contributed by atoms with Crippen molar-refractivity contribution in [3.05, 3.63) is 12.2 Å². The Bertz CT molecular complexity index is 160. The van der Waals surface area contributed by atoms with Crippen LogP contribution in [0, 0.1) is 5.41 Å². The first-order valence-electron chi connectivity index (χ1n) is 5.99. The Morgan fingerprint density at radius 2 is 1.80 bits per heavy atom. The second kappa shape index (κ2) is 9.41. The first-order valence-corrected chi connectivity index (χ1v) is 7.11. The van der Waals surface area contributed by atoms with Crippen molar-refractivity contribution in [2.45, 2.75) is 46.5 Å². The Morgan fingerprint density at radius 3 is 2.20 bits per heavy atom. The normalized spacial score (nSPS) is 12.5. The Hall–Kier alpha value is 0.180. The van der Waals surface area contributed by atoms with Crippen LogP contribution in [-0.2, 0) is 4.74 Å². The number of allylic oxidation sites excluding steroid dienone is 1. The summed E-state index contributed by atoms with van der Waals surface area (Å²) < 4.78 is 5.72. The molecule has 0 aliphatic rings. The molecule has 0 fully saturated rings. The van der Waals surface area contributed by atoms with E-state index in [1.165, 1.54) is 25.7 Å². The molecule has 0 aromatic heterocycles. The number of hydrogen-bond acceptors (Lipinski definition) is 1. The van der Waals surface area contributed by atoms with Crippen molar-refractivity contribution in [1.82, 2.24) is 0 Å². The summed E-state index contributed by atoms with van der Waals surface area (Å²) in [6.07, 6.45) is 9.08. The standard InChI is InChI=1S/C13H25BrO/c1-4-7-10-15-12-13(11-14,8-5-2)9-6-3/h4,7H,5-6,8-12H2,1-3H3. The van der Waals surface area contributed by atoms with E-state index in [2.05, 4.69) is 35.9 Å². The summed E-state index contributed by atoms with van der Waals surface area (Å²) in [5, 5.41) is 1.05. The molecule has 0 spiro atoms. The van der Waals surface area contributed by atoms with Gasteiger partial charge in [0, 0.05) is 10.7 Å². The minimum Gasteiger partial charge on any atom is -0.377 e. The van der Waals surface area contributed by atoms with Gasteiger partial charge in [0.15, 0.2) is 0 Å². The lowest BCUT2D eigenvalue weighted by atomic mass is 9.82. The Kier molecular flexibility index (Phi) is 9.52. The molecule has 0 atom stereocenters. The first-order chi connectivity index (χ1) is 7.24. The molecule has 0 radical (unpaired) electrons. The van der Waals surface area contributed by atoms with E-state index in [0.29, 0.717) is 5.41 Å². The lowest BCUT2D eigenvalue weighted by Gasteiger charge is -2.31. The maximum atomic E-state index is 5.72. The molecule has 0 rings (SSSR count). The molecule has 0 aliphatic heterocycles. The summed E-state index contributed by atoms with van der Waals surface area (Å²) in [6.45, 7) is 8.15. The van der Waals surface area contributed by atoms with Gasteiger partial charge in [-0.15, -0.1) is 0 Å². The molecule has 0 aliphatic carbocycles. The quantitative estimate of drug-likeness (QED) is 0.341.